The highest BCUT2D eigenvalue weighted by molar-refractivity contribution is 8.00. The molecule has 37 heavy (non-hydrogen) atoms. The summed E-state index contributed by atoms with van der Waals surface area (Å²) in [4.78, 5) is 44.1. The second-order valence-corrected chi connectivity index (χ2v) is 12.3. The standard InChI is InChI=1S/C26H19F3N2O4S2/c27-26(28,29)10-4-3-5-11(8-10)31-23(33)18-13-9-14(19(18)24(31)34)20-17(13)16(12-6-1-2-7-15(12)32)21-22(36-20)30-25(35)37-21/h1-8,13-14,16-20,32H,9H2,(H,30,35)/t13-,14-,16+,17-,18+,19-,20+/m1/s1. The molecule has 2 amide bonds. The molecule has 3 fully saturated rings. The van der Waals surface area contributed by atoms with E-state index in [4.69, 9.17) is 0 Å². The fraction of sp³-hybridized carbons (Fsp3) is 0.346. The topological polar surface area (TPSA) is 90.5 Å². The van der Waals surface area contributed by atoms with Crippen LogP contribution in [0.1, 0.15) is 28.3 Å². The largest absolute Gasteiger partial charge is 0.508 e. The number of aromatic amines is 1. The van der Waals surface area contributed by atoms with Gasteiger partial charge in [0, 0.05) is 21.6 Å². The van der Waals surface area contributed by atoms with E-state index in [-0.39, 0.29) is 45.2 Å². The quantitative estimate of drug-likeness (QED) is 0.451. The van der Waals surface area contributed by atoms with Crippen molar-refractivity contribution in [3.63, 3.8) is 0 Å². The number of aromatic hydroxyl groups is 1. The molecule has 7 atom stereocenters. The predicted molar refractivity (Wildman–Crippen MR) is 131 cm³/mol. The number of amides is 2. The minimum absolute atomic E-state index is 0.0602. The second-order valence-electron chi connectivity index (χ2n) is 10.1. The van der Waals surface area contributed by atoms with Gasteiger partial charge < -0.3 is 10.1 Å². The number of phenolic OH excluding ortho intramolecular Hbond substituents is 1. The Morgan fingerprint density at radius 3 is 2.43 bits per heavy atom. The Morgan fingerprint density at radius 2 is 1.70 bits per heavy atom. The summed E-state index contributed by atoms with van der Waals surface area (Å²) < 4.78 is 40.0. The van der Waals surface area contributed by atoms with Gasteiger partial charge in [0.2, 0.25) is 11.8 Å². The number of H-pyrrole nitrogens is 1. The maximum atomic E-state index is 13.7. The lowest BCUT2D eigenvalue weighted by Crippen LogP contribution is -2.42. The molecule has 0 spiro atoms. The van der Waals surface area contributed by atoms with Crippen LogP contribution >= 0.6 is 23.1 Å². The van der Waals surface area contributed by atoms with Crippen molar-refractivity contribution >= 4 is 40.6 Å². The van der Waals surface area contributed by atoms with E-state index in [9.17, 15) is 32.7 Å². The molecule has 0 unspecified atom stereocenters. The van der Waals surface area contributed by atoms with Crippen molar-refractivity contribution in [1.82, 2.24) is 4.98 Å². The van der Waals surface area contributed by atoms with E-state index in [2.05, 4.69) is 4.98 Å². The smallest absolute Gasteiger partial charge is 0.416 e. The highest BCUT2D eigenvalue weighted by Crippen LogP contribution is 2.69. The fourth-order valence-electron chi connectivity index (χ4n) is 7.19. The highest BCUT2D eigenvalue weighted by Gasteiger charge is 2.69. The number of thiazole rings is 1. The molecule has 3 heterocycles. The van der Waals surface area contributed by atoms with Crippen molar-refractivity contribution in [2.45, 2.75) is 28.8 Å². The molecule has 3 aromatic rings. The number of carbonyl (C=O) groups is 2. The lowest BCUT2D eigenvalue weighted by Gasteiger charge is -2.43. The number of aromatic nitrogens is 1. The summed E-state index contributed by atoms with van der Waals surface area (Å²) in [7, 11) is 0. The van der Waals surface area contributed by atoms with E-state index in [1.165, 1.54) is 23.9 Å². The van der Waals surface area contributed by atoms with Crippen LogP contribution in [0.2, 0.25) is 0 Å². The Balaban J connectivity index is 1.31. The number of carbonyl (C=O) groups excluding carboxylic acids is 2. The number of halogens is 3. The summed E-state index contributed by atoms with van der Waals surface area (Å²) in [6.07, 6.45) is -3.95. The van der Waals surface area contributed by atoms with E-state index < -0.39 is 35.4 Å². The van der Waals surface area contributed by atoms with Gasteiger partial charge in [0.05, 0.1) is 28.1 Å². The maximum Gasteiger partial charge on any atom is 0.416 e. The summed E-state index contributed by atoms with van der Waals surface area (Å²) in [5.41, 5.74) is -0.303. The van der Waals surface area contributed by atoms with Gasteiger partial charge in [0.1, 0.15) is 5.75 Å². The fourth-order valence-corrected chi connectivity index (χ4v) is 10.1. The Kier molecular flexibility index (Phi) is 4.83. The van der Waals surface area contributed by atoms with Gasteiger partial charge in [-0.25, -0.2) is 0 Å². The molecule has 190 valence electrons. The summed E-state index contributed by atoms with van der Waals surface area (Å²) in [5.74, 6) is -2.87. The Labute approximate surface area is 216 Å². The molecule has 0 radical (unpaired) electrons. The van der Waals surface area contributed by atoms with Crippen LogP contribution in [0.3, 0.4) is 0 Å². The van der Waals surface area contributed by atoms with Gasteiger partial charge in [-0.3, -0.25) is 19.3 Å². The molecule has 2 aromatic carbocycles. The third-order valence-electron chi connectivity index (χ3n) is 8.43. The molecule has 2 aliphatic heterocycles. The van der Waals surface area contributed by atoms with Gasteiger partial charge in [-0.2, -0.15) is 13.2 Å². The Hall–Kier alpha value is -3.05. The van der Waals surface area contributed by atoms with Gasteiger partial charge in [-0.1, -0.05) is 35.6 Å². The molecular formula is C26H19F3N2O4S2. The number of anilines is 1. The van der Waals surface area contributed by atoms with Crippen molar-refractivity contribution in [2.24, 2.45) is 29.6 Å². The molecule has 7 rings (SSSR count). The number of thioether (sulfide) groups is 1. The zero-order valence-electron chi connectivity index (χ0n) is 18.9. The number of rotatable bonds is 2. The number of benzene rings is 2. The average molecular weight is 545 g/mol. The number of hydrogen-bond acceptors (Lipinski definition) is 6. The lowest BCUT2D eigenvalue weighted by molar-refractivity contribution is -0.137. The first-order valence-corrected chi connectivity index (χ1v) is 13.6. The van der Waals surface area contributed by atoms with Crippen molar-refractivity contribution < 1.29 is 27.9 Å². The first-order chi connectivity index (χ1) is 17.6. The van der Waals surface area contributed by atoms with E-state index >= 15 is 0 Å². The SMILES string of the molecule is O=C1[C@@H]2[C@H]3C[C@@H]([C@@H]2C(=O)N1c1cccc(C(F)(F)F)c1)[C@@H]1[C@H](c2ccccc2O)c2sc(=O)[nH]c2S[C@@H]31. The van der Waals surface area contributed by atoms with Crippen LogP contribution in [0, 0.1) is 29.6 Å². The summed E-state index contributed by atoms with van der Waals surface area (Å²) in [6.45, 7) is 0. The Morgan fingerprint density at radius 1 is 0.973 bits per heavy atom. The lowest BCUT2D eigenvalue weighted by atomic mass is 9.68. The monoisotopic (exact) mass is 544 g/mol. The van der Waals surface area contributed by atoms with Gasteiger partial charge in [-0.05, 0) is 48.4 Å². The number of imide groups is 1. The number of phenols is 1. The number of para-hydroxylation sites is 1. The van der Waals surface area contributed by atoms with Crippen molar-refractivity contribution in [3.05, 3.63) is 74.2 Å². The highest BCUT2D eigenvalue weighted by atomic mass is 32.2. The molecule has 2 N–H and O–H groups in total. The number of hydrogen-bond donors (Lipinski definition) is 2. The first kappa shape index (κ1) is 23.1. The molecule has 2 saturated carbocycles. The number of nitrogens with zero attached hydrogens (tertiary/aromatic N) is 1. The van der Waals surface area contributed by atoms with E-state index in [1.807, 2.05) is 12.1 Å². The first-order valence-electron chi connectivity index (χ1n) is 11.9. The van der Waals surface area contributed by atoms with Crippen molar-refractivity contribution in [3.8, 4) is 5.75 Å². The molecular weight excluding hydrogens is 525 g/mol. The minimum atomic E-state index is -4.60. The van der Waals surface area contributed by atoms with E-state index in [1.54, 1.807) is 12.1 Å². The third-order valence-corrected chi connectivity index (χ3v) is 11.0. The van der Waals surface area contributed by atoms with Crippen LogP contribution < -0.4 is 9.77 Å². The summed E-state index contributed by atoms with van der Waals surface area (Å²) >= 11 is 2.61. The minimum Gasteiger partial charge on any atom is -0.508 e. The Bertz CT molecular complexity index is 1530. The van der Waals surface area contributed by atoms with Crippen LogP contribution in [-0.4, -0.2) is 27.2 Å². The van der Waals surface area contributed by atoms with Crippen molar-refractivity contribution in [1.29, 1.82) is 0 Å². The summed E-state index contributed by atoms with van der Waals surface area (Å²) in [6, 6.07) is 11.3. The molecule has 2 bridgehead atoms. The van der Waals surface area contributed by atoms with E-state index in [0.29, 0.717) is 12.0 Å². The zero-order chi connectivity index (χ0) is 25.8. The van der Waals surface area contributed by atoms with Crippen LogP contribution in [0.5, 0.6) is 5.75 Å². The molecule has 6 nitrogen and oxygen atoms in total. The van der Waals surface area contributed by atoms with Crippen LogP contribution in [0.15, 0.2) is 58.4 Å². The van der Waals surface area contributed by atoms with Crippen LogP contribution in [0.25, 0.3) is 0 Å². The molecule has 2 aliphatic carbocycles. The number of fused-ring (bicyclic) bond motifs is 9. The summed E-state index contributed by atoms with van der Waals surface area (Å²) in [5, 5.41) is 11.4. The normalized spacial score (nSPS) is 32.0. The van der Waals surface area contributed by atoms with Crippen LogP contribution in [0.4, 0.5) is 18.9 Å². The number of alkyl halides is 3. The third kappa shape index (κ3) is 3.16. The van der Waals surface area contributed by atoms with Crippen molar-refractivity contribution in [2.75, 3.05) is 4.90 Å². The number of nitrogens with one attached hydrogen (secondary N) is 1. The average Bonchev–Trinajstić information content (AvgIpc) is 3.58. The predicted octanol–water partition coefficient (Wildman–Crippen LogP) is 4.84. The van der Waals surface area contributed by atoms with Gasteiger partial charge >= 0.3 is 11.0 Å². The van der Waals surface area contributed by atoms with E-state index in [0.717, 1.165) is 38.3 Å². The maximum absolute atomic E-state index is 13.7. The molecule has 4 aliphatic rings. The molecule has 11 heteroatoms. The molecule has 1 aromatic heterocycles. The molecule has 1 saturated heterocycles. The van der Waals surface area contributed by atoms with Crippen LogP contribution in [-0.2, 0) is 15.8 Å². The van der Waals surface area contributed by atoms with Gasteiger partial charge in [0.15, 0.2) is 0 Å². The zero-order valence-corrected chi connectivity index (χ0v) is 20.6. The van der Waals surface area contributed by atoms with Gasteiger partial charge in [-0.15, -0.1) is 11.8 Å². The second kappa shape index (κ2) is 7.73. The van der Waals surface area contributed by atoms with Gasteiger partial charge in [0.25, 0.3) is 0 Å².